The van der Waals surface area contributed by atoms with Crippen molar-refractivity contribution in [2.45, 2.75) is 0 Å². The van der Waals surface area contributed by atoms with Crippen LogP contribution in [0.4, 0.5) is 34.1 Å². The molecule has 8 rings (SSSR count). The van der Waals surface area contributed by atoms with Gasteiger partial charge in [-0.25, -0.2) is 15.0 Å². The van der Waals surface area contributed by atoms with Gasteiger partial charge in [-0.15, -0.1) is 0 Å². The minimum Gasteiger partial charge on any atom is -0.306 e. The molecule has 0 saturated heterocycles. The van der Waals surface area contributed by atoms with Gasteiger partial charge in [0.15, 0.2) is 17.5 Å². The largest absolute Gasteiger partial charge is 0.306 e. The van der Waals surface area contributed by atoms with Crippen LogP contribution >= 0.6 is 0 Å². The van der Waals surface area contributed by atoms with Gasteiger partial charge in [0.05, 0.1) is 22.7 Å². The molecule has 0 amide bonds. The number of rotatable bonds is 5. The van der Waals surface area contributed by atoms with Crippen LogP contribution in [0.2, 0.25) is 0 Å². The third kappa shape index (κ3) is 4.57. The molecule has 0 N–H and O–H groups in total. The van der Waals surface area contributed by atoms with E-state index in [1.165, 1.54) is 0 Å². The molecule has 44 heavy (non-hydrogen) atoms. The first-order valence-electron chi connectivity index (χ1n) is 14.6. The van der Waals surface area contributed by atoms with Crippen LogP contribution in [0.25, 0.3) is 34.2 Å². The summed E-state index contributed by atoms with van der Waals surface area (Å²) in [5.41, 5.74) is 9.49. The molecule has 0 spiro atoms. The molecule has 6 aromatic carbocycles. The fourth-order valence-electron chi connectivity index (χ4n) is 5.77. The lowest BCUT2D eigenvalue weighted by Gasteiger charge is -2.40. The third-order valence-electron chi connectivity index (χ3n) is 7.82. The zero-order valence-corrected chi connectivity index (χ0v) is 23.8. The van der Waals surface area contributed by atoms with Crippen LogP contribution in [0, 0.1) is 0 Å². The molecule has 2 heterocycles. The van der Waals surface area contributed by atoms with E-state index in [-0.39, 0.29) is 0 Å². The lowest BCUT2D eigenvalue weighted by molar-refractivity contribution is 1.07. The van der Waals surface area contributed by atoms with E-state index in [2.05, 4.69) is 113 Å². The maximum absolute atomic E-state index is 4.91. The Hall–Kier alpha value is -6.07. The zero-order chi connectivity index (χ0) is 29.3. The van der Waals surface area contributed by atoms with Gasteiger partial charge in [0, 0.05) is 28.1 Å². The Morgan fingerprint density at radius 1 is 0.273 bits per heavy atom. The summed E-state index contributed by atoms with van der Waals surface area (Å²) in [7, 11) is 0. The van der Waals surface area contributed by atoms with Gasteiger partial charge in [0.1, 0.15) is 0 Å². The summed E-state index contributed by atoms with van der Waals surface area (Å²) in [4.78, 5) is 19.3. The topological polar surface area (TPSA) is 45.2 Å². The molecule has 0 fully saturated rings. The highest BCUT2D eigenvalue weighted by molar-refractivity contribution is 6.01. The van der Waals surface area contributed by atoms with Crippen LogP contribution in [-0.4, -0.2) is 15.0 Å². The second kappa shape index (κ2) is 11.0. The van der Waals surface area contributed by atoms with E-state index in [9.17, 15) is 0 Å². The molecule has 1 aromatic heterocycles. The average molecular weight is 566 g/mol. The Bertz CT molecular complexity index is 1960. The molecule has 208 valence electrons. The normalized spacial score (nSPS) is 12.0. The lowest BCUT2D eigenvalue weighted by atomic mass is 10.0. The van der Waals surface area contributed by atoms with Crippen LogP contribution < -0.4 is 9.80 Å². The summed E-state index contributed by atoms with van der Waals surface area (Å²) in [6.45, 7) is 0. The Kier molecular flexibility index (Phi) is 6.39. The van der Waals surface area contributed by atoms with Crippen molar-refractivity contribution in [3.63, 3.8) is 0 Å². The molecule has 5 heteroatoms. The van der Waals surface area contributed by atoms with Gasteiger partial charge in [-0.1, -0.05) is 103 Å². The highest BCUT2D eigenvalue weighted by Crippen LogP contribution is 2.53. The number of anilines is 6. The molecule has 7 aromatic rings. The summed E-state index contributed by atoms with van der Waals surface area (Å²) in [6.07, 6.45) is 0. The number of aromatic nitrogens is 3. The predicted octanol–water partition coefficient (Wildman–Crippen LogP) is 10.1. The maximum Gasteiger partial charge on any atom is 0.164 e. The van der Waals surface area contributed by atoms with E-state index >= 15 is 0 Å². The molecular formula is C39H27N5. The van der Waals surface area contributed by atoms with Crippen molar-refractivity contribution in [3.05, 3.63) is 164 Å². The summed E-state index contributed by atoms with van der Waals surface area (Å²) in [5.74, 6) is 1.94. The van der Waals surface area contributed by atoms with Gasteiger partial charge >= 0.3 is 0 Å². The molecule has 0 bridgehead atoms. The number of fused-ring (bicyclic) bond motifs is 2. The quantitative estimate of drug-likeness (QED) is 0.208. The van der Waals surface area contributed by atoms with E-state index in [4.69, 9.17) is 15.0 Å². The fraction of sp³-hybridized carbons (Fsp3) is 0. The lowest BCUT2D eigenvalue weighted by Crippen LogP contribution is -2.23. The van der Waals surface area contributed by atoms with Crippen LogP contribution in [0.15, 0.2) is 164 Å². The second-order valence-electron chi connectivity index (χ2n) is 10.6. The van der Waals surface area contributed by atoms with Crippen molar-refractivity contribution < 1.29 is 0 Å². The molecule has 1 aliphatic heterocycles. The Morgan fingerprint density at radius 2 is 0.568 bits per heavy atom. The van der Waals surface area contributed by atoms with Crippen molar-refractivity contribution in [2.75, 3.05) is 9.80 Å². The highest BCUT2D eigenvalue weighted by atomic mass is 15.3. The smallest absolute Gasteiger partial charge is 0.164 e. The summed E-state index contributed by atoms with van der Waals surface area (Å²) >= 11 is 0. The van der Waals surface area contributed by atoms with Crippen LogP contribution in [0.5, 0.6) is 0 Å². The first-order chi connectivity index (χ1) is 21.8. The number of benzene rings is 6. The Balaban J connectivity index is 1.23. The minimum atomic E-state index is 0.638. The fourth-order valence-corrected chi connectivity index (χ4v) is 5.77. The van der Waals surface area contributed by atoms with Gasteiger partial charge in [0.2, 0.25) is 0 Å². The number of nitrogens with zero attached hydrogens (tertiary/aromatic N) is 5. The van der Waals surface area contributed by atoms with Gasteiger partial charge in [-0.2, -0.15) is 0 Å². The van der Waals surface area contributed by atoms with Crippen molar-refractivity contribution in [2.24, 2.45) is 0 Å². The highest BCUT2D eigenvalue weighted by Gasteiger charge is 2.30. The Morgan fingerprint density at radius 3 is 0.955 bits per heavy atom. The van der Waals surface area contributed by atoms with E-state index in [0.29, 0.717) is 17.5 Å². The summed E-state index contributed by atoms with van der Waals surface area (Å²) in [6, 6.07) is 56.3. The maximum atomic E-state index is 4.91. The van der Waals surface area contributed by atoms with Crippen LogP contribution in [-0.2, 0) is 0 Å². The molecule has 0 unspecified atom stereocenters. The molecule has 1 aliphatic rings. The molecule has 5 nitrogen and oxygen atoms in total. The van der Waals surface area contributed by atoms with Crippen molar-refractivity contribution in [1.82, 2.24) is 15.0 Å². The van der Waals surface area contributed by atoms with E-state index in [1.807, 2.05) is 60.7 Å². The minimum absolute atomic E-state index is 0.638. The van der Waals surface area contributed by atoms with Crippen molar-refractivity contribution >= 4 is 34.1 Å². The van der Waals surface area contributed by atoms with Gasteiger partial charge < -0.3 is 9.80 Å². The predicted molar refractivity (Wildman–Crippen MR) is 179 cm³/mol. The molecular weight excluding hydrogens is 538 g/mol. The molecule has 0 atom stereocenters. The third-order valence-corrected chi connectivity index (χ3v) is 7.82. The van der Waals surface area contributed by atoms with E-state index < -0.39 is 0 Å². The van der Waals surface area contributed by atoms with Gasteiger partial charge in [0.25, 0.3) is 0 Å². The van der Waals surface area contributed by atoms with Crippen LogP contribution in [0.1, 0.15) is 0 Å². The SMILES string of the molecule is c1ccc(-c2nc(-c3ccccc3)nc(-c3ccc(N4c5ccccc5N(c5ccccc5)c5ccccc54)cc3)n2)cc1. The standard InChI is InChI=1S/C39H27N5/c1-4-14-28(15-5-1)37-40-38(29-16-6-2-7-17-29)42-39(41-37)30-24-26-32(27-25-30)44-35-22-12-10-20-33(35)43(31-18-8-3-9-19-31)34-21-11-13-23-36(34)44/h1-27H. The Labute approximate surface area is 256 Å². The number of hydrogen-bond acceptors (Lipinski definition) is 5. The van der Waals surface area contributed by atoms with Crippen molar-refractivity contribution in [1.29, 1.82) is 0 Å². The molecule has 0 radical (unpaired) electrons. The first kappa shape index (κ1) is 25.6. The number of hydrogen-bond donors (Lipinski definition) is 0. The van der Waals surface area contributed by atoms with Gasteiger partial charge in [-0.3, -0.25) is 0 Å². The van der Waals surface area contributed by atoms with Crippen molar-refractivity contribution in [3.8, 4) is 34.2 Å². The number of para-hydroxylation sites is 5. The van der Waals surface area contributed by atoms with E-state index in [1.54, 1.807) is 0 Å². The zero-order valence-electron chi connectivity index (χ0n) is 23.8. The summed E-state index contributed by atoms with van der Waals surface area (Å²) < 4.78 is 0. The second-order valence-corrected chi connectivity index (χ2v) is 10.6. The average Bonchev–Trinajstić information content (AvgIpc) is 3.11. The van der Waals surface area contributed by atoms with Crippen LogP contribution in [0.3, 0.4) is 0 Å². The monoisotopic (exact) mass is 565 g/mol. The first-order valence-corrected chi connectivity index (χ1v) is 14.6. The molecule has 0 saturated carbocycles. The van der Waals surface area contributed by atoms with Gasteiger partial charge in [-0.05, 0) is 60.7 Å². The molecule has 0 aliphatic carbocycles. The summed E-state index contributed by atoms with van der Waals surface area (Å²) in [5, 5.41) is 0. The van der Waals surface area contributed by atoms with E-state index in [0.717, 1.165) is 50.8 Å².